The van der Waals surface area contributed by atoms with Gasteiger partial charge in [-0.1, -0.05) is 36.7 Å². The summed E-state index contributed by atoms with van der Waals surface area (Å²) in [6.07, 6.45) is 4.26. The number of aryl methyl sites for hydroxylation is 1. The summed E-state index contributed by atoms with van der Waals surface area (Å²) in [5.41, 5.74) is 1.21. The predicted molar refractivity (Wildman–Crippen MR) is 115 cm³/mol. The van der Waals surface area contributed by atoms with Crippen LogP contribution in [0.2, 0.25) is 5.02 Å². The molecule has 1 amide bonds. The van der Waals surface area contributed by atoms with Crippen LogP contribution in [0.1, 0.15) is 38.2 Å². The van der Waals surface area contributed by atoms with Gasteiger partial charge in [-0.2, -0.15) is 0 Å². The van der Waals surface area contributed by atoms with E-state index >= 15 is 0 Å². The highest BCUT2D eigenvalue weighted by atomic mass is 35.5. The molecule has 27 heavy (non-hydrogen) atoms. The molecule has 0 fully saturated rings. The number of nitrogens with one attached hydrogen (secondary N) is 1. The van der Waals surface area contributed by atoms with Gasteiger partial charge in [-0.05, 0) is 67.3 Å². The summed E-state index contributed by atoms with van der Waals surface area (Å²) in [6.45, 7) is 3.54. The van der Waals surface area contributed by atoms with Crippen molar-refractivity contribution in [3.05, 3.63) is 59.1 Å². The second kappa shape index (κ2) is 12.7. The molecule has 1 N–H and O–H groups in total. The number of para-hydroxylation sites is 1. The van der Waals surface area contributed by atoms with Crippen molar-refractivity contribution in [3.8, 4) is 5.75 Å². The number of carbonyl (C=O) groups is 1. The maximum atomic E-state index is 12.0. The summed E-state index contributed by atoms with van der Waals surface area (Å²) >= 11 is 7.63. The molecule has 2 aromatic carbocycles. The van der Waals surface area contributed by atoms with E-state index < -0.39 is 0 Å². The van der Waals surface area contributed by atoms with Gasteiger partial charge < -0.3 is 10.1 Å². The van der Waals surface area contributed by atoms with Gasteiger partial charge in [0.2, 0.25) is 5.91 Å². The zero-order chi connectivity index (χ0) is 19.3. The highest BCUT2D eigenvalue weighted by molar-refractivity contribution is 7.99. The van der Waals surface area contributed by atoms with Crippen LogP contribution in [-0.4, -0.2) is 24.8 Å². The summed E-state index contributed by atoms with van der Waals surface area (Å²) < 4.78 is 5.78. The molecule has 0 saturated heterocycles. The number of amides is 1. The highest BCUT2D eigenvalue weighted by Crippen LogP contribution is 2.21. The molecule has 0 aliphatic carbocycles. The molecule has 3 nitrogen and oxygen atoms in total. The van der Waals surface area contributed by atoms with Gasteiger partial charge >= 0.3 is 0 Å². The Kier molecular flexibility index (Phi) is 10.2. The van der Waals surface area contributed by atoms with Crippen LogP contribution in [0.4, 0.5) is 0 Å². The van der Waals surface area contributed by atoms with Gasteiger partial charge in [0.15, 0.2) is 0 Å². The lowest BCUT2D eigenvalue weighted by atomic mass is 10.1. The zero-order valence-electron chi connectivity index (χ0n) is 15.9. The average molecular weight is 406 g/mol. The van der Waals surface area contributed by atoms with Crippen molar-refractivity contribution >= 4 is 29.3 Å². The van der Waals surface area contributed by atoms with Gasteiger partial charge in [0, 0.05) is 22.9 Å². The fourth-order valence-corrected chi connectivity index (χ4v) is 3.59. The molecule has 0 aromatic heterocycles. The second-order valence-corrected chi connectivity index (χ2v) is 7.92. The van der Waals surface area contributed by atoms with E-state index in [9.17, 15) is 4.79 Å². The number of rotatable bonds is 12. The molecule has 0 aliphatic rings. The first kappa shape index (κ1) is 21.6. The van der Waals surface area contributed by atoms with Crippen LogP contribution >= 0.6 is 23.4 Å². The lowest BCUT2D eigenvalue weighted by Gasteiger charge is -2.11. The summed E-state index contributed by atoms with van der Waals surface area (Å²) in [4.78, 5) is 13.1. The molecular weight excluding hydrogens is 378 g/mol. The number of thioether (sulfide) groups is 1. The molecule has 146 valence electrons. The van der Waals surface area contributed by atoms with Crippen LogP contribution in [0.15, 0.2) is 53.4 Å². The summed E-state index contributed by atoms with van der Waals surface area (Å²) in [5, 5.41) is 3.76. The van der Waals surface area contributed by atoms with Crippen LogP contribution < -0.4 is 10.1 Å². The Labute approximate surface area is 171 Å². The van der Waals surface area contributed by atoms with Gasteiger partial charge in [-0.15, -0.1) is 11.8 Å². The molecule has 5 heteroatoms. The molecule has 2 rings (SSSR count). The van der Waals surface area contributed by atoms with E-state index in [4.69, 9.17) is 16.3 Å². The molecule has 0 saturated carbocycles. The summed E-state index contributed by atoms with van der Waals surface area (Å²) in [7, 11) is 0. The largest absolute Gasteiger partial charge is 0.493 e. The van der Waals surface area contributed by atoms with E-state index in [2.05, 4.69) is 18.3 Å². The van der Waals surface area contributed by atoms with E-state index in [0.29, 0.717) is 13.0 Å². The van der Waals surface area contributed by atoms with Gasteiger partial charge in [-0.3, -0.25) is 4.79 Å². The molecule has 0 spiro atoms. The third kappa shape index (κ3) is 8.72. The molecule has 0 unspecified atom stereocenters. The minimum atomic E-state index is 0.127. The van der Waals surface area contributed by atoms with Crippen LogP contribution in [0.25, 0.3) is 0 Å². The number of hydrogen-bond donors (Lipinski definition) is 1. The number of benzene rings is 2. The quantitative estimate of drug-likeness (QED) is 0.361. The van der Waals surface area contributed by atoms with Crippen LogP contribution in [0.5, 0.6) is 5.75 Å². The van der Waals surface area contributed by atoms with Crippen molar-refractivity contribution in [2.24, 2.45) is 0 Å². The maximum Gasteiger partial charge on any atom is 0.220 e. The second-order valence-electron chi connectivity index (χ2n) is 6.32. The third-order valence-corrected chi connectivity index (χ3v) is 5.36. The van der Waals surface area contributed by atoms with E-state index in [0.717, 1.165) is 48.8 Å². The van der Waals surface area contributed by atoms with Crippen molar-refractivity contribution < 1.29 is 9.53 Å². The van der Waals surface area contributed by atoms with Gasteiger partial charge in [0.05, 0.1) is 6.61 Å². The molecule has 0 atom stereocenters. The van der Waals surface area contributed by atoms with Gasteiger partial charge in [0.25, 0.3) is 0 Å². The smallest absolute Gasteiger partial charge is 0.220 e. The molecule has 0 radical (unpaired) electrons. The van der Waals surface area contributed by atoms with E-state index in [-0.39, 0.29) is 5.91 Å². The number of hydrogen-bond acceptors (Lipinski definition) is 3. The normalized spacial score (nSPS) is 10.6. The number of halogens is 1. The van der Waals surface area contributed by atoms with Gasteiger partial charge in [-0.25, -0.2) is 0 Å². The Hall–Kier alpha value is -1.65. The lowest BCUT2D eigenvalue weighted by Crippen LogP contribution is -2.24. The minimum absolute atomic E-state index is 0.127. The first-order valence-electron chi connectivity index (χ1n) is 9.55. The Balaban J connectivity index is 1.57. The SMILES string of the molecule is CCCOc1ccccc1CCCNC(=O)CCCSc1ccc(Cl)cc1. The number of carbonyl (C=O) groups excluding carboxylic acids is 1. The Morgan fingerprint density at radius 3 is 2.67 bits per heavy atom. The lowest BCUT2D eigenvalue weighted by molar-refractivity contribution is -0.121. The van der Waals surface area contributed by atoms with E-state index in [1.807, 2.05) is 42.5 Å². The Bertz CT molecular complexity index is 691. The predicted octanol–water partition coefficient (Wildman–Crippen LogP) is 5.75. The Morgan fingerprint density at radius 1 is 1.11 bits per heavy atom. The summed E-state index contributed by atoms with van der Waals surface area (Å²) in [5.74, 6) is 2.02. The topological polar surface area (TPSA) is 38.3 Å². The fraction of sp³-hybridized carbons (Fsp3) is 0.409. The molecule has 2 aromatic rings. The van der Waals surface area contributed by atoms with Crippen molar-refractivity contribution in [3.63, 3.8) is 0 Å². The first-order valence-corrected chi connectivity index (χ1v) is 10.9. The average Bonchev–Trinajstić information content (AvgIpc) is 2.69. The van der Waals surface area contributed by atoms with E-state index in [1.165, 1.54) is 10.5 Å². The van der Waals surface area contributed by atoms with Crippen LogP contribution in [-0.2, 0) is 11.2 Å². The summed E-state index contributed by atoms with van der Waals surface area (Å²) in [6, 6.07) is 15.9. The van der Waals surface area contributed by atoms with Crippen molar-refractivity contribution in [1.82, 2.24) is 5.32 Å². The first-order chi connectivity index (χ1) is 13.2. The Morgan fingerprint density at radius 2 is 1.89 bits per heavy atom. The van der Waals surface area contributed by atoms with Crippen molar-refractivity contribution in [2.75, 3.05) is 18.9 Å². The standard InChI is InChI=1S/C22H28ClNO2S/c1-2-16-26-21-9-4-3-7-18(21)8-5-15-24-22(25)10-6-17-27-20-13-11-19(23)12-14-20/h3-4,7,9,11-14H,2,5-6,8,10,15-17H2,1H3,(H,24,25). The van der Waals surface area contributed by atoms with E-state index in [1.54, 1.807) is 11.8 Å². The molecule has 0 bridgehead atoms. The molecule has 0 aliphatic heterocycles. The number of ether oxygens (including phenoxy) is 1. The van der Waals surface area contributed by atoms with Crippen molar-refractivity contribution in [1.29, 1.82) is 0 Å². The zero-order valence-corrected chi connectivity index (χ0v) is 17.5. The highest BCUT2D eigenvalue weighted by Gasteiger charge is 2.04. The van der Waals surface area contributed by atoms with Crippen molar-refractivity contribution in [2.45, 2.75) is 43.9 Å². The molecular formula is C22H28ClNO2S. The minimum Gasteiger partial charge on any atom is -0.493 e. The van der Waals surface area contributed by atoms with Crippen LogP contribution in [0, 0.1) is 0 Å². The maximum absolute atomic E-state index is 12.0. The van der Waals surface area contributed by atoms with Gasteiger partial charge in [0.1, 0.15) is 5.75 Å². The molecule has 0 heterocycles. The monoisotopic (exact) mass is 405 g/mol. The van der Waals surface area contributed by atoms with Crippen LogP contribution in [0.3, 0.4) is 0 Å². The fourth-order valence-electron chi connectivity index (χ4n) is 2.61. The third-order valence-electron chi connectivity index (χ3n) is 4.01.